The first-order valence-electron chi connectivity index (χ1n) is 6.81. The van der Waals surface area contributed by atoms with Crippen LogP contribution in [0.2, 0.25) is 0 Å². The molecule has 0 aliphatic heterocycles. The molecule has 0 saturated carbocycles. The van der Waals surface area contributed by atoms with Crippen molar-refractivity contribution in [3.63, 3.8) is 0 Å². The van der Waals surface area contributed by atoms with Gasteiger partial charge in [-0.25, -0.2) is 0 Å². The molecule has 0 heterocycles. The molecule has 0 aliphatic carbocycles. The van der Waals surface area contributed by atoms with Crippen LogP contribution in [0.4, 0.5) is 0 Å². The molecular weight excluding hydrogens is 290 g/mol. The fourth-order valence-corrected chi connectivity index (χ4v) is 2.51. The van der Waals surface area contributed by atoms with E-state index in [1.807, 2.05) is 12.1 Å². The minimum atomic E-state index is 0.913. The number of methoxy groups -OCH3 is 1. The van der Waals surface area contributed by atoms with Crippen molar-refractivity contribution >= 4 is 15.9 Å². The summed E-state index contributed by atoms with van der Waals surface area (Å²) in [4.78, 5) is 0. The van der Waals surface area contributed by atoms with Gasteiger partial charge in [-0.05, 0) is 50.0 Å². The van der Waals surface area contributed by atoms with E-state index >= 15 is 0 Å². The first-order chi connectivity index (χ1) is 8.77. The molecule has 2 nitrogen and oxygen atoms in total. The van der Waals surface area contributed by atoms with Gasteiger partial charge in [-0.1, -0.05) is 41.8 Å². The number of unbranched alkanes of at least 4 members (excludes halogenated alkanes) is 3. The van der Waals surface area contributed by atoms with E-state index in [9.17, 15) is 0 Å². The average Bonchev–Trinajstić information content (AvgIpc) is 2.39. The lowest BCUT2D eigenvalue weighted by atomic mass is 10.1. The van der Waals surface area contributed by atoms with Crippen LogP contribution in [0.1, 0.15) is 38.2 Å². The fourth-order valence-electron chi connectivity index (χ4n) is 1.95. The molecule has 18 heavy (non-hydrogen) atoms. The maximum Gasteiger partial charge on any atom is 0.120 e. The molecule has 0 radical (unpaired) electrons. The molecule has 1 aromatic carbocycles. The Morgan fingerprint density at radius 3 is 2.61 bits per heavy atom. The predicted octanol–water partition coefficient (Wildman–Crippen LogP) is 4.17. The van der Waals surface area contributed by atoms with E-state index < -0.39 is 0 Å². The second kappa shape index (κ2) is 9.40. The van der Waals surface area contributed by atoms with Gasteiger partial charge in [0, 0.05) is 4.47 Å². The second-order valence-electron chi connectivity index (χ2n) is 4.48. The molecule has 0 bridgehead atoms. The van der Waals surface area contributed by atoms with E-state index in [-0.39, 0.29) is 0 Å². The monoisotopic (exact) mass is 313 g/mol. The Labute approximate surface area is 119 Å². The van der Waals surface area contributed by atoms with Crippen LogP contribution in [0.3, 0.4) is 0 Å². The number of hydrogen-bond acceptors (Lipinski definition) is 2. The standard InChI is InChI=1S/C15H24BrNO/c1-3-17-11-7-5-4-6-8-13-9-10-14(18-2)12-15(13)16/h9-10,12,17H,3-8,11H2,1-2H3. The number of rotatable bonds is 9. The first-order valence-corrected chi connectivity index (χ1v) is 7.60. The summed E-state index contributed by atoms with van der Waals surface area (Å²) in [5, 5.41) is 3.36. The number of benzene rings is 1. The van der Waals surface area contributed by atoms with E-state index in [1.165, 1.54) is 31.2 Å². The zero-order chi connectivity index (χ0) is 13.2. The largest absolute Gasteiger partial charge is 0.497 e. The number of ether oxygens (including phenoxy) is 1. The number of nitrogens with one attached hydrogen (secondary N) is 1. The Morgan fingerprint density at radius 1 is 1.17 bits per heavy atom. The van der Waals surface area contributed by atoms with Crippen LogP contribution in [0.25, 0.3) is 0 Å². The van der Waals surface area contributed by atoms with E-state index in [1.54, 1.807) is 7.11 Å². The molecule has 102 valence electrons. The van der Waals surface area contributed by atoms with Crippen molar-refractivity contribution in [1.82, 2.24) is 5.32 Å². The average molecular weight is 314 g/mol. The predicted molar refractivity (Wildman–Crippen MR) is 81.4 cm³/mol. The highest BCUT2D eigenvalue weighted by molar-refractivity contribution is 9.10. The van der Waals surface area contributed by atoms with E-state index in [0.29, 0.717) is 0 Å². The van der Waals surface area contributed by atoms with Crippen LogP contribution in [0, 0.1) is 0 Å². The highest BCUT2D eigenvalue weighted by Crippen LogP contribution is 2.24. The zero-order valence-electron chi connectivity index (χ0n) is 11.5. The van der Waals surface area contributed by atoms with E-state index in [4.69, 9.17) is 4.74 Å². The Morgan fingerprint density at radius 2 is 1.94 bits per heavy atom. The molecule has 1 aromatic rings. The molecule has 1 N–H and O–H groups in total. The smallest absolute Gasteiger partial charge is 0.120 e. The molecular formula is C15H24BrNO. The van der Waals surface area contributed by atoms with Crippen LogP contribution < -0.4 is 10.1 Å². The van der Waals surface area contributed by atoms with Gasteiger partial charge < -0.3 is 10.1 Å². The summed E-state index contributed by atoms with van der Waals surface area (Å²) in [5.41, 5.74) is 1.38. The molecule has 3 heteroatoms. The minimum Gasteiger partial charge on any atom is -0.497 e. The fraction of sp³-hybridized carbons (Fsp3) is 0.600. The van der Waals surface area contributed by atoms with Gasteiger partial charge in [0.2, 0.25) is 0 Å². The molecule has 0 aliphatic rings. The van der Waals surface area contributed by atoms with Gasteiger partial charge in [-0.2, -0.15) is 0 Å². The first kappa shape index (κ1) is 15.5. The molecule has 0 unspecified atom stereocenters. The van der Waals surface area contributed by atoms with Crippen LogP contribution >= 0.6 is 15.9 Å². The second-order valence-corrected chi connectivity index (χ2v) is 5.33. The molecule has 0 fully saturated rings. The molecule has 0 saturated heterocycles. The van der Waals surface area contributed by atoms with Crippen LogP contribution in [0.5, 0.6) is 5.75 Å². The van der Waals surface area contributed by atoms with Crippen molar-refractivity contribution in [2.45, 2.75) is 39.0 Å². The Kier molecular flexibility index (Phi) is 8.10. The van der Waals surface area contributed by atoms with Crippen molar-refractivity contribution in [2.24, 2.45) is 0 Å². The quantitative estimate of drug-likeness (QED) is 0.691. The summed E-state index contributed by atoms with van der Waals surface area (Å²) >= 11 is 3.60. The van der Waals surface area contributed by atoms with Gasteiger partial charge in [-0.3, -0.25) is 0 Å². The van der Waals surface area contributed by atoms with Crippen molar-refractivity contribution in [3.8, 4) is 5.75 Å². The number of hydrogen-bond donors (Lipinski definition) is 1. The Balaban J connectivity index is 2.19. The molecule has 1 rings (SSSR count). The van der Waals surface area contributed by atoms with E-state index in [0.717, 1.165) is 29.7 Å². The highest BCUT2D eigenvalue weighted by atomic mass is 79.9. The van der Waals surface area contributed by atoms with Crippen molar-refractivity contribution < 1.29 is 4.74 Å². The number of halogens is 1. The van der Waals surface area contributed by atoms with Gasteiger partial charge in [0.05, 0.1) is 7.11 Å². The van der Waals surface area contributed by atoms with Crippen molar-refractivity contribution in [3.05, 3.63) is 28.2 Å². The summed E-state index contributed by atoms with van der Waals surface area (Å²) < 4.78 is 6.36. The normalized spacial score (nSPS) is 10.6. The van der Waals surface area contributed by atoms with Gasteiger partial charge in [0.25, 0.3) is 0 Å². The van der Waals surface area contributed by atoms with Gasteiger partial charge in [-0.15, -0.1) is 0 Å². The third-order valence-electron chi connectivity index (χ3n) is 3.06. The summed E-state index contributed by atoms with van der Waals surface area (Å²) in [5.74, 6) is 0.913. The lowest BCUT2D eigenvalue weighted by Gasteiger charge is -2.07. The van der Waals surface area contributed by atoms with Gasteiger partial charge in [0.15, 0.2) is 0 Å². The maximum absolute atomic E-state index is 5.19. The summed E-state index contributed by atoms with van der Waals surface area (Å²) in [6.07, 6.45) is 6.32. The van der Waals surface area contributed by atoms with Crippen LogP contribution in [-0.4, -0.2) is 20.2 Å². The summed E-state index contributed by atoms with van der Waals surface area (Å²) in [6.45, 7) is 4.39. The lowest BCUT2D eigenvalue weighted by molar-refractivity contribution is 0.414. The van der Waals surface area contributed by atoms with E-state index in [2.05, 4.69) is 34.2 Å². The lowest BCUT2D eigenvalue weighted by Crippen LogP contribution is -2.13. The van der Waals surface area contributed by atoms with Gasteiger partial charge in [0.1, 0.15) is 5.75 Å². The molecule has 0 spiro atoms. The van der Waals surface area contributed by atoms with Gasteiger partial charge >= 0.3 is 0 Å². The summed E-state index contributed by atoms with van der Waals surface area (Å²) in [7, 11) is 1.70. The van der Waals surface area contributed by atoms with Crippen molar-refractivity contribution in [2.75, 3.05) is 20.2 Å². The highest BCUT2D eigenvalue weighted by Gasteiger charge is 2.01. The Bertz CT molecular complexity index is 341. The van der Waals surface area contributed by atoms with Crippen LogP contribution in [0.15, 0.2) is 22.7 Å². The SMILES string of the molecule is CCNCCCCCCc1ccc(OC)cc1Br. The van der Waals surface area contributed by atoms with Crippen LogP contribution in [-0.2, 0) is 6.42 Å². The zero-order valence-corrected chi connectivity index (χ0v) is 13.1. The number of aryl methyl sites for hydroxylation is 1. The third kappa shape index (κ3) is 5.87. The maximum atomic E-state index is 5.19. The topological polar surface area (TPSA) is 21.3 Å². The Hall–Kier alpha value is -0.540. The molecule has 0 atom stereocenters. The molecule has 0 amide bonds. The van der Waals surface area contributed by atoms with Crippen molar-refractivity contribution in [1.29, 1.82) is 0 Å². The minimum absolute atomic E-state index is 0.913. The third-order valence-corrected chi connectivity index (χ3v) is 3.80. The summed E-state index contributed by atoms with van der Waals surface area (Å²) in [6, 6.07) is 6.23. The molecule has 0 aromatic heterocycles.